The van der Waals surface area contributed by atoms with Crippen LogP contribution in [0.4, 0.5) is 5.69 Å². The zero-order valence-electron chi connectivity index (χ0n) is 10.8. The van der Waals surface area contributed by atoms with Crippen molar-refractivity contribution in [3.05, 3.63) is 24.5 Å². The highest BCUT2D eigenvalue weighted by Gasteiger charge is 2.17. The molecule has 0 unspecified atom stereocenters. The minimum Gasteiger partial charge on any atom is -0.459 e. The number of hydrogen-bond acceptors (Lipinski definition) is 4. The molecule has 1 aromatic heterocycles. The predicted octanol–water partition coefficient (Wildman–Crippen LogP) is 1.96. The minimum atomic E-state index is -0.480. The van der Waals surface area contributed by atoms with Gasteiger partial charge in [-0.2, -0.15) is 0 Å². The summed E-state index contributed by atoms with van der Waals surface area (Å²) < 4.78 is 7.01. The van der Waals surface area contributed by atoms with Crippen molar-refractivity contribution in [3.63, 3.8) is 0 Å². The van der Waals surface area contributed by atoms with Crippen molar-refractivity contribution in [1.29, 1.82) is 0 Å². The molecule has 2 aromatic rings. The first-order chi connectivity index (χ1) is 8.35. The Morgan fingerprint density at radius 3 is 2.83 bits per heavy atom. The second-order valence-corrected chi connectivity index (χ2v) is 5.21. The minimum absolute atomic E-state index is 0.136. The van der Waals surface area contributed by atoms with Crippen LogP contribution in [0.1, 0.15) is 20.8 Å². The molecule has 0 atom stereocenters. The summed E-state index contributed by atoms with van der Waals surface area (Å²) in [6.45, 7) is 5.66. The number of carbonyl (C=O) groups is 1. The molecule has 2 N–H and O–H groups in total. The van der Waals surface area contributed by atoms with E-state index >= 15 is 0 Å². The third kappa shape index (κ3) is 2.80. The lowest BCUT2D eigenvalue weighted by Gasteiger charge is -2.19. The number of hydrogen-bond donors (Lipinski definition) is 1. The maximum atomic E-state index is 11.8. The van der Waals surface area contributed by atoms with Crippen molar-refractivity contribution in [1.82, 2.24) is 9.55 Å². The average molecular weight is 247 g/mol. The molecule has 18 heavy (non-hydrogen) atoms. The van der Waals surface area contributed by atoms with Gasteiger partial charge in [-0.05, 0) is 39.0 Å². The van der Waals surface area contributed by atoms with Gasteiger partial charge in [0.2, 0.25) is 0 Å². The van der Waals surface area contributed by atoms with Crippen LogP contribution in [0.3, 0.4) is 0 Å². The van der Waals surface area contributed by atoms with E-state index in [4.69, 9.17) is 10.5 Å². The van der Waals surface area contributed by atoms with E-state index in [9.17, 15) is 4.79 Å². The van der Waals surface area contributed by atoms with E-state index in [1.54, 1.807) is 23.0 Å². The third-order valence-corrected chi connectivity index (χ3v) is 2.36. The highest BCUT2D eigenvalue weighted by Crippen LogP contribution is 2.17. The number of nitrogens with zero attached hydrogens (tertiary/aromatic N) is 2. The Balaban J connectivity index is 2.22. The van der Waals surface area contributed by atoms with Gasteiger partial charge in [0.05, 0.1) is 17.4 Å². The second-order valence-electron chi connectivity index (χ2n) is 5.21. The van der Waals surface area contributed by atoms with Gasteiger partial charge in [-0.1, -0.05) is 0 Å². The Morgan fingerprint density at radius 2 is 2.17 bits per heavy atom. The average Bonchev–Trinajstić information content (AvgIpc) is 2.58. The zero-order chi connectivity index (χ0) is 13.3. The Kier molecular flexibility index (Phi) is 2.98. The first-order valence-electron chi connectivity index (χ1n) is 5.77. The fourth-order valence-corrected chi connectivity index (χ4v) is 1.71. The number of benzene rings is 1. The standard InChI is InChI=1S/C13H17N3O2/c1-13(2,3)18-12(17)7-16-8-15-10-5-4-9(14)6-11(10)16/h4-6,8H,7,14H2,1-3H3. The van der Waals surface area contributed by atoms with Gasteiger partial charge in [0.15, 0.2) is 0 Å². The molecule has 2 rings (SSSR count). The van der Waals surface area contributed by atoms with E-state index < -0.39 is 5.60 Å². The first kappa shape index (κ1) is 12.4. The summed E-state index contributed by atoms with van der Waals surface area (Å²) in [4.78, 5) is 16.0. The first-order valence-corrected chi connectivity index (χ1v) is 5.77. The van der Waals surface area contributed by atoms with Crippen LogP contribution in [-0.4, -0.2) is 21.1 Å². The smallest absolute Gasteiger partial charge is 0.326 e. The number of carbonyl (C=O) groups excluding carboxylic acids is 1. The van der Waals surface area contributed by atoms with Crippen LogP contribution in [0.25, 0.3) is 11.0 Å². The summed E-state index contributed by atoms with van der Waals surface area (Å²) in [5.74, 6) is -0.288. The Hall–Kier alpha value is -2.04. The van der Waals surface area contributed by atoms with Crippen LogP contribution in [0, 0.1) is 0 Å². The predicted molar refractivity (Wildman–Crippen MR) is 70.0 cm³/mol. The van der Waals surface area contributed by atoms with Gasteiger partial charge < -0.3 is 15.0 Å². The van der Waals surface area contributed by atoms with Crippen molar-refractivity contribution < 1.29 is 9.53 Å². The van der Waals surface area contributed by atoms with E-state index in [2.05, 4.69) is 4.98 Å². The number of rotatable bonds is 2. The van der Waals surface area contributed by atoms with E-state index in [-0.39, 0.29) is 12.5 Å². The van der Waals surface area contributed by atoms with Crippen molar-refractivity contribution >= 4 is 22.7 Å². The number of nitrogens with two attached hydrogens (primary N) is 1. The summed E-state index contributed by atoms with van der Waals surface area (Å²) >= 11 is 0. The van der Waals surface area contributed by atoms with Crippen molar-refractivity contribution in [2.75, 3.05) is 5.73 Å². The molecule has 96 valence electrons. The van der Waals surface area contributed by atoms with Gasteiger partial charge in [-0.15, -0.1) is 0 Å². The van der Waals surface area contributed by atoms with Crippen molar-refractivity contribution in [2.24, 2.45) is 0 Å². The number of anilines is 1. The van der Waals surface area contributed by atoms with Crippen LogP contribution in [0.2, 0.25) is 0 Å². The lowest BCUT2D eigenvalue weighted by Crippen LogP contribution is -2.26. The second kappa shape index (κ2) is 4.33. The molecule has 0 bridgehead atoms. The number of esters is 1. The van der Waals surface area contributed by atoms with Gasteiger partial charge in [-0.25, -0.2) is 4.98 Å². The molecule has 0 amide bonds. The maximum absolute atomic E-state index is 11.8. The molecule has 0 aliphatic rings. The molecule has 0 saturated heterocycles. The summed E-state index contributed by atoms with van der Waals surface area (Å²) in [7, 11) is 0. The molecular formula is C13H17N3O2. The number of fused-ring (bicyclic) bond motifs is 1. The largest absolute Gasteiger partial charge is 0.459 e. The zero-order valence-corrected chi connectivity index (χ0v) is 10.8. The Morgan fingerprint density at radius 1 is 1.44 bits per heavy atom. The quantitative estimate of drug-likeness (QED) is 0.650. The number of imidazole rings is 1. The summed E-state index contributed by atoms with van der Waals surface area (Å²) in [6.07, 6.45) is 1.62. The van der Waals surface area contributed by atoms with Crippen molar-refractivity contribution in [2.45, 2.75) is 32.9 Å². The van der Waals surface area contributed by atoms with Crippen LogP contribution in [0.5, 0.6) is 0 Å². The molecule has 0 aliphatic carbocycles. The molecule has 1 heterocycles. The van der Waals surface area contributed by atoms with E-state index in [1.807, 2.05) is 26.8 Å². The van der Waals surface area contributed by atoms with Crippen LogP contribution < -0.4 is 5.73 Å². The van der Waals surface area contributed by atoms with Gasteiger partial charge in [0.1, 0.15) is 12.1 Å². The number of ether oxygens (including phenoxy) is 1. The topological polar surface area (TPSA) is 70.1 Å². The highest BCUT2D eigenvalue weighted by molar-refractivity contribution is 5.81. The van der Waals surface area contributed by atoms with Crippen LogP contribution in [-0.2, 0) is 16.1 Å². The lowest BCUT2D eigenvalue weighted by atomic mass is 10.2. The van der Waals surface area contributed by atoms with E-state index in [0.29, 0.717) is 5.69 Å². The Labute approximate surface area is 106 Å². The Bertz CT molecular complexity index is 581. The summed E-state index contributed by atoms with van der Waals surface area (Å²) in [5, 5.41) is 0. The van der Waals surface area contributed by atoms with Gasteiger partial charge in [-0.3, -0.25) is 4.79 Å². The molecular weight excluding hydrogens is 230 g/mol. The molecule has 5 heteroatoms. The van der Waals surface area contributed by atoms with E-state index in [0.717, 1.165) is 11.0 Å². The fourth-order valence-electron chi connectivity index (χ4n) is 1.71. The number of nitrogen functional groups attached to an aromatic ring is 1. The third-order valence-electron chi connectivity index (χ3n) is 2.36. The molecule has 0 saturated carbocycles. The summed E-state index contributed by atoms with van der Waals surface area (Å²) in [6, 6.07) is 5.41. The molecule has 0 radical (unpaired) electrons. The monoisotopic (exact) mass is 247 g/mol. The maximum Gasteiger partial charge on any atom is 0.326 e. The summed E-state index contributed by atoms with van der Waals surface area (Å²) in [5.41, 5.74) is 7.54. The van der Waals surface area contributed by atoms with Crippen LogP contribution in [0.15, 0.2) is 24.5 Å². The molecule has 1 aromatic carbocycles. The SMILES string of the molecule is CC(C)(C)OC(=O)Cn1cnc2ccc(N)cc21. The number of aromatic nitrogens is 2. The normalized spacial score (nSPS) is 11.7. The molecule has 0 fully saturated rings. The fraction of sp³-hybridized carbons (Fsp3) is 0.385. The lowest BCUT2D eigenvalue weighted by molar-refractivity contribution is -0.155. The molecule has 5 nitrogen and oxygen atoms in total. The molecule has 0 aliphatic heterocycles. The van der Waals surface area contributed by atoms with Gasteiger partial charge >= 0.3 is 5.97 Å². The van der Waals surface area contributed by atoms with Crippen molar-refractivity contribution in [3.8, 4) is 0 Å². The van der Waals surface area contributed by atoms with Gasteiger partial charge in [0, 0.05) is 5.69 Å². The van der Waals surface area contributed by atoms with Gasteiger partial charge in [0.25, 0.3) is 0 Å². The van der Waals surface area contributed by atoms with E-state index in [1.165, 1.54) is 0 Å². The molecule has 0 spiro atoms. The highest BCUT2D eigenvalue weighted by atomic mass is 16.6. The van der Waals surface area contributed by atoms with Crippen LogP contribution >= 0.6 is 0 Å².